The summed E-state index contributed by atoms with van der Waals surface area (Å²) >= 11 is 5.89. The van der Waals surface area contributed by atoms with Gasteiger partial charge in [-0.15, -0.1) is 0 Å². The van der Waals surface area contributed by atoms with E-state index in [2.05, 4.69) is 24.1 Å². The Hall–Kier alpha value is -0.800. The van der Waals surface area contributed by atoms with Crippen LogP contribution >= 0.6 is 11.6 Å². The van der Waals surface area contributed by atoms with Crippen LogP contribution in [0.2, 0.25) is 5.15 Å². The highest BCUT2D eigenvalue weighted by atomic mass is 35.5. The molecule has 3 rings (SSSR count). The highest BCUT2D eigenvalue weighted by molar-refractivity contribution is 6.29. The Morgan fingerprint density at radius 3 is 2.94 bits per heavy atom. The number of rotatable bonds is 2. The molecule has 3 nitrogen and oxygen atoms in total. The van der Waals surface area contributed by atoms with E-state index in [-0.39, 0.29) is 5.41 Å². The van der Waals surface area contributed by atoms with Crippen LogP contribution in [0.15, 0.2) is 12.1 Å². The second kappa shape index (κ2) is 4.10. The maximum Gasteiger partial charge on any atom is 0.129 e. The van der Waals surface area contributed by atoms with Crippen molar-refractivity contribution in [3.63, 3.8) is 0 Å². The molecule has 3 atom stereocenters. The van der Waals surface area contributed by atoms with Crippen molar-refractivity contribution in [1.29, 1.82) is 0 Å². The molecule has 1 N–H and O–H groups in total. The van der Waals surface area contributed by atoms with E-state index in [9.17, 15) is 0 Å². The number of hydrogen-bond donors (Lipinski definition) is 1. The summed E-state index contributed by atoms with van der Waals surface area (Å²) in [5.41, 5.74) is 2.23. The number of ether oxygens (including phenoxy) is 1. The van der Waals surface area contributed by atoms with E-state index in [1.807, 2.05) is 19.1 Å². The first kappa shape index (κ1) is 12.2. The van der Waals surface area contributed by atoms with Gasteiger partial charge in [0.2, 0.25) is 0 Å². The molecule has 0 amide bonds. The third kappa shape index (κ3) is 1.72. The van der Waals surface area contributed by atoms with E-state index in [1.165, 1.54) is 0 Å². The standard InChI is InChI=1S/C14H19ClN2O/c1-8-10(4-5-11(15)16-8)17-12-9-6-7-18-13(9)14(12,2)3/h4-5,9,12-13,17H,6-7H2,1-3H3. The third-order valence-corrected chi connectivity index (χ3v) is 4.67. The summed E-state index contributed by atoms with van der Waals surface area (Å²) in [7, 11) is 0. The lowest BCUT2D eigenvalue weighted by molar-refractivity contribution is -0.0923. The Morgan fingerprint density at radius 2 is 2.22 bits per heavy atom. The van der Waals surface area contributed by atoms with Gasteiger partial charge in [-0.05, 0) is 25.5 Å². The Labute approximate surface area is 113 Å². The van der Waals surface area contributed by atoms with Crippen molar-refractivity contribution in [3.8, 4) is 0 Å². The number of anilines is 1. The fourth-order valence-corrected chi connectivity index (χ4v) is 3.66. The number of pyridine rings is 1. The highest BCUT2D eigenvalue weighted by Crippen LogP contribution is 2.53. The minimum atomic E-state index is 0.188. The van der Waals surface area contributed by atoms with Gasteiger partial charge in [0.1, 0.15) is 5.15 Å². The molecule has 0 radical (unpaired) electrons. The number of aromatic nitrogens is 1. The van der Waals surface area contributed by atoms with E-state index in [4.69, 9.17) is 16.3 Å². The molecule has 18 heavy (non-hydrogen) atoms. The molecule has 1 aromatic heterocycles. The molecule has 4 heteroatoms. The van der Waals surface area contributed by atoms with E-state index in [0.29, 0.717) is 23.2 Å². The van der Waals surface area contributed by atoms with E-state index < -0.39 is 0 Å². The maximum atomic E-state index is 5.89. The topological polar surface area (TPSA) is 34.2 Å². The zero-order valence-electron chi connectivity index (χ0n) is 11.0. The molecule has 1 saturated heterocycles. The van der Waals surface area contributed by atoms with Crippen molar-refractivity contribution < 1.29 is 4.74 Å². The van der Waals surface area contributed by atoms with Crippen molar-refractivity contribution in [1.82, 2.24) is 4.98 Å². The van der Waals surface area contributed by atoms with Crippen LogP contribution < -0.4 is 5.32 Å². The zero-order chi connectivity index (χ0) is 12.9. The van der Waals surface area contributed by atoms with Crippen LogP contribution in [0, 0.1) is 18.3 Å². The largest absolute Gasteiger partial charge is 0.380 e. The van der Waals surface area contributed by atoms with Crippen molar-refractivity contribution >= 4 is 17.3 Å². The summed E-state index contributed by atoms with van der Waals surface area (Å²) in [4.78, 5) is 4.29. The van der Waals surface area contributed by atoms with Crippen molar-refractivity contribution in [3.05, 3.63) is 23.0 Å². The molecule has 3 unspecified atom stereocenters. The maximum absolute atomic E-state index is 5.89. The Morgan fingerprint density at radius 1 is 1.44 bits per heavy atom. The molecule has 0 bridgehead atoms. The molecule has 0 aromatic carbocycles. The minimum absolute atomic E-state index is 0.188. The zero-order valence-corrected chi connectivity index (χ0v) is 11.8. The third-order valence-electron chi connectivity index (χ3n) is 4.46. The average Bonchev–Trinajstić information content (AvgIpc) is 2.74. The lowest BCUT2D eigenvalue weighted by Crippen LogP contribution is -2.63. The van der Waals surface area contributed by atoms with Gasteiger partial charge in [-0.2, -0.15) is 0 Å². The summed E-state index contributed by atoms with van der Waals surface area (Å²) < 4.78 is 5.81. The molecule has 1 aliphatic heterocycles. The number of nitrogens with zero attached hydrogens (tertiary/aromatic N) is 1. The normalized spacial score (nSPS) is 32.8. The number of halogens is 1. The summed E-state index contributed by atoms with van der Waals surface area (Å²) in [6.45, 7) is 7.43. The monoisotopic (exact) mass is 266 g/mol. The van der Waals surface area contributed by atoms with Gasteiger partial charge in [0, 0.05) is 24.0 Å². The van der Waals surface area contributed by atoms with E-state index in [0.717, 1.165) is 24.4 Å². The van der Waals surface area contributed by atoms with Crippen LogP contribution in [-0.2, 0) is 4.74 Å². The van der Waals surface area contributed by atoms with Gasteiger partial charge >= 0.3 is 0 Å². The lowest BCUT2D eigenvalue weighted by atomic mass is 9.57. The molecule has 98 valence electrons. The Kier molecular flexibility index (Phi) is 2.79. The van der Waals surface area contributed by atoms with E-state index in [1.54, 1.807) is 0 Å². The van der Waals surface area contributed by atoms with Gasteiger partial charge in [0.15, 0.2) is 0 Å². The van der Waals surface area contributed by atoms with Crippen molar-refractivity contribution in [2.75, 3.05) is 11.9 Å². The molecular weight excluding hydrogens is 248 g/mol. The lowest BCUT2D eigenvalue weighted by Gasteiger charge is -2.55. The van der Waals surface area contributed by atoms with Crippen LogP contribution in [0.1, 0.15) is 26.0 Å². The summed E-state index contributed by atoms with van der Waals surface area (Å²) in [6, 6.07) is 4.32. The molecule has 2 aliphatic rings. The van der Waals surface area contributed by atoms with Crippen LogP contribution in [0.25, 0.3) is 0 Å². The van der Waals surface area contributed by atoms with Gasteiger partial charge in [-0.3, -0.25) is 0 Å². The number of fused-ring (bicyclic) bond motifs is 1. The fraction of sp³-hybridized carbons (Fsp3) is 0.643. The summed E-state index contributed by atoms with van der Waals surface area (Å²) in [5, 5.41) is 4.18. The second-order valence-corrected chi connectivity index (χ2v) is 6.34. The van der Waals surface area contributed by atoms with Crippen molar-refractivity contribution in [2.24, 2.45) is 11.3 Å². The molecule has 2 heterocycles. The van der Waals surface area contributed by atoms with Crippen LogP contribution in [0.4, 0.5) is 5.69 Å². The molecule has 1 aliphatic carbocycles. The Bertz CT molecular complexity index is 475. The van der Waals surface area contributed by atoms with Crippen LogP contribution in [-0.4, -0.2) is 23.7 Å². The van der Waals surface area contributed by atoms with Gasteiger partial charge in [0.05, 0.1) is 17.5 Å². The summed E-state index contributed by atoms with van der Waals surface area (Å²) in [6.07, 6.45) is 1.57. The first-order valence-corrected chi connectivity index (χ1v) is 6.89. The predicted octanol–water partition coefficient (Wildman–Crippen LogP) is 3.27. The second-order valence-electron chi connectivity index (χ2n) is 5.95. The Balaban J connectivity index is 1.80. The number of aryl methyl sites for hydroxylation is 1. The summed E-state index contributed by atoms with van der Waals surface area (Å²) in [5.74, 6) is 0.634. The molecule has 1 aromatic rings. The first-order chi connectivity index (χ1) is 8.50. The van der Waals surface area contributed by atoms with Crippen LogP contribution in [0.3, 0.4) is 0 Å². The van der Waals surface area contributed by atoms with Crippen LogP contribution in [0.5, 0.6) is 0 Å². The van der Waals surface area contributed by atoms with Gasteiger partial charge < -0.3 is 10.1 Å². The van der Waals surface area contributed by atoms with Gasteiger partial charge in [-0.1, -0.05) is 25.4 Å². The van der Waals surface area contributed by atoms with E-state index >= 15 is 0 Å². The first-order valence-electron chi connectivity index (χ1n) is 6.51. The molecule has 0 spiro atoms. The SMILES string of the molecule is Cc1nc(Cl)ccc1NC1C2CCOC2C1(C)C. The highest BCUT2D eigenvalue weighted by Gasteiger charge is 2.59. The smallest absolute Gasteiger partial charge is 0.129 e. The molecule has 2 fully saturated rings. The quantitative estimate of drug-likeness (QED) is 0.835. The number of hydrogen-bond acceptors (Lipinski definition) is 3. The average molecular weight is 267 g/mol. The fourth-order valence-electron chi connectivity index (χ4n) is 3.47. The van der Waals surface area contributed by atoms with Crippen molar-refractivity contribution in [2.45, 2.75) is 39.3 Å². The van der Waals surface area contributed by atoms with Gasteiger partial charge in [-0.25, -0.2) is 4.98 Å². The molecular formula is C14H19ClN2O. The van der Waals surface area contributed by atoms with Gasteiger partial charge in [0.25, 0.3) is 0 Å². The number of nitrogens with one attached hydrogen (secondary N) is 1. The minimum Gasteiger partial charge on any atom is -0.380 e. The molecule has 1 saturated carbocycles. The predicted molar refractivity (Wildman–Crippen MR) is 73.0 cm³/mol.